The monoisotopic (exact) mass is 228 g/mol. The molecule has 0 atom stereocenters. The van der Waals surface area contributed by atoms with E-state index in [9.17, 15) is 0 Å². The Kier molecular flexibility index (Phi) is 4.78. The van der Waals surface area contributed by atoms with Gasteiger partial charge in [-0.3, -0.25) is 0 Å². The molecule has 1 rings (SSSR count). The summed E-state index contributed by atoms with van der Waals surface area (Å²) in [5.74, 6) is 0.775. The molecular weight excluding hydrogens is 212 g/mol. The second-order valence-corrected chi connectivity index (χ2v) is 4.13. The van der Waals surface area contributed by atoms with Crippen molar-refractivity contribution in [3.05, 3.63) is 17.5 Å². The van der Waals surface area contributed by atoms with E-state index in [1.807, 2.05) is 11.9 Å². The molecule has 0 spiro atoms. The highest BCUT2D eigenvalue weighted by atomic mass is 35.5. The van der Waals surface area contributed by atoms with Gasteiger partial charge in [0.15, 0.2) is 5.82 Å². The first-order chi connectivity index (χ1) is 7.11. The maximum absolute atomic E-state index is 5.97. The Hall–Kier alpha value is -0.870. The summed E-state index contributed by atoms with van der Waals surface area (Å²) in [6.07, 6.45) is 3.11. The minimum Gasteiger partial charge on any atom is -0.357 e. The van der Waals surface area contributed by atoms with Crippen LogP contribution in [-0.2, 0) is 0 Å². The van der Waals surface area contributed by atoms with Crippen molar-refractivity contribution in [2.75, 3.05) is 25.0 Å². The predicted molar refractivity (Wildman–Crippen MR) is 63.5 cm³/mol. The van der Waals surface area contributed by atoms with E-state index in [1.54, 1.807) is 6.20 Å². The van der Waals surface area contributed by atoms with Crippen LogP contribution in [0.25, 0.3) is 0 Å². The smallest absolute Gasteiger partial charge is 0.150 e. The van der Waals surface area contributed by atoms with E-state index in [4.69, 9.17) is 11.6 Å². The lowest BCUT2D eigenvalue weighted by atomic mass is 10.4. The number of nitrogens with zero attached hydrogens (tertiary/aromatic N) is 3. The van der Waals surface area contributed by atoms with Crippen LogP contribution >= 0.6 is 11.6 Å². The third kappa shape index (κ3) is 4.01. The van der Waals surface area contributed by atoms with Gasteiger partial charge in [0.25, 0.3) is 0 Å². The van der Waals surface area contributed by atoms with Gasteiger partial charge in [0.05, 0.1) is 6.20 Å². The normalized spacial score (nSPS) is 10.7. The minimum atomic E-state index is 0.499. The Morgan fingerprint density at radius 1 is 1.53 bits per heavy atom. The fourth-order valence-electron chi connectivity index (χ4n) is 1.21. The maximum atomic E-state index is 5.97. The number of hydrogen-bond acceptors (Lipinski definition) is 4. The molecule has 0 unspecified atom stereocenters. The standard InChI is InChI=1S/C10H17ClN4/c1-8(2)13-4-5-15(3)10-9(11)6-12-7-14-10/h6-8,13H,4-5H2,1-3H3. The minimum absolute atomic E-state index is 0.499. The van der Waals surface area contributed by atoms with E-state index in [0.717, 1.165) is 18.9 Å². The van der Waals surface area contributed by atoms with E-state index >= 15 is 0 Å². The molecule has 0 aliphatic carbocycles. The molecule has 1 N–H and O–H groups in total. The highest BCUT2D eigenvalue weighted by molar-refractivity contribution is 6.32. The SMILES string of the molecule is CC(C)NCCN(C)c1ncncc1Cl. The summed E-state index contributed by atoms with van der Waals surface area (Å²) in [5.41, 5.74) is 0. The summed E-state index contributed by atoms with van der Waals surface area (Å²) in [6.45, 7) is 6.03. The summed E-state index contributed by atoms with van der Waals surface area (Å²) in [5, 5.41) is 3.92. The molecule has 0 amide bonds. The third-order valence-corrected chi connectivity index (χ3v) is 2.28. The molecule has 1 heterocycles. The molecule has 84 valence electrons. The van der Waals surface area contributed by atoms with Crippen molar-refractivity contribution in [2.24, 2.45) is 0 Å². The number of halogens is 1. The summed E-state index contributed by atoms with van der Waals surface area (Å²) >= 11 is 5.97. The molecule has 0 bridgehead atoms. The van der Waals surface area contributed by atoms with E-state index in [1.165, 1.54) is 6.33 Å². The van der Waals surface area contributed by atoms with Crippen molar-refractivity contribution in [1.29, 1.82) is 0 Å². The Labute approximate surface area is 95.7 Å². The van der Waals surface area contributed by atoms with Crippen LogP contribution < -0.4 is 10.2 Å². The van der Waals surface area contributed by atoms with Crippen molar-refractivity contribution in [3.63, 3.8) is 0 Å². The zero-order chi connectivity index (χ0) is 11.3. The Morgan fingerprint density at radius 3 is 2.87 bits per heavy atom. The summed E-state index contributed by atoms with van der Waals surface area (Å²) in [7, 11) is 1.97. The number of rotatable bonds is 5. The van der Waals surface area contributed by atoms with Crippen LogP contribution in [-0.4, -0.2) is 36.1 Å². The van der Waals surface area contributed by atoms with E-state index < -0.39 is 0 Å². The predicted octanol–water partition coefficient (Wildman–Crippen LogP) is 1.56. The van der Waals surface area contributed by atoms with Gasteiger partial charge in [-0.1, -0.05) is 25.4 Å². The van der Waals surface area contributed by atoms with Crippen molar-refractivity contribution in [1.82, 2.24) is 15.3 Å². The van der Waals surface area contributed by atoms with Crippen LogP contribution in [0, 0.1) is 0 Å². The quantitative estimate of drug-likeness (QED) is 0.831. The lowest BCUT2D eigenvalue weighted by Gasteiger charge is -2.19. The van der Waals surface area contributed by atoms with E-state index in [-0.39, 0.29) is 0 Å². The van der Waals surface area contributed by atoms with Crippen molar-refractivity contribution < 1.29 is 0 Å². The number of aromatic nitrogens is 2. The van der Waals surface area contributed by atoms with Crippen LogP contribution in [0.4, 0.5) is 5.82 Å². The molecule has 4 nitrogen and oxygen atoms in total. The molecule has 0 aliphatic rings. The molecule has 15 heavy (non-hydrogen) atoms. The highest BCUT2D eigenvalue weighted by Gasteiger charge is 2.06. The van der Waals surface area contributed by atoms with Gasteiger partial charge in [-0.15, -0.1) is 0 Å². The molecule has 1 aromatic heterocycles. The topological polar surface area (TPSA) is 41.0 Å². The van der Waals surface area contributed by atoms with Gasteiger partial charge in [0.2, 0.25) is 0 Å². The largest absolute Gasteiger partial charge is 0.357 e. The van der Waals surface area contributed by atoms with Crippen molar-refractivity contribution >= 4 is 17.4 Å². The zero-order valence-electron chi connectivity index (χ0n) is 9.37. The summed E-state index contributed by atoms with van der Waals surface area (Å²) in [4.78, 5) is 9.99. The zero-order valence-corrected chi connectivity index (χ0v) is 10.1. The van der Waals surface area contributed by atoms with Gasteiger partial charge in [0, 0.05) is 26.2 Å². The van der Waals surface area contributed by atoms with E-state index in [0.29, 0.717) is 11.1 Å². The molecule has 0 aromatic carbocycles. The fraction of sp³-hybridized carbons (Fsp3) is 0.600. The summed E-state index contributed by atoms with van der Waals surface area (Å²) < 4.78 is 0. The van der Waals surface area contributed by atoms with Crippen LogP contribution in [0.5, 0.6) is 0 Å². The van der Waals surface area contributed by atoms with Gasteiger partial charge in [-0.25, -0.2) is 9.97 Å². The van der Waals surface area contributed by atoms with Crippen LogP contribution in [0.1, 0.15) is 13.8 Å². The van der Waals surface area contributed by atoms with Gasteiger partial charge in [0.1, 0.15) is 11.3 Å². The average molecular weight is 229 g/mol. The highest BCUT2D eigenvalue weighted by Crippen LogP contribution is 2.19. The van der Waals surface area contributed by atoms with Crippen molar-refractivity contribution in [3.8, 4) is 0 Å². The second-order valence-electron chi connectivity index (χ2n) is 3.72. The van der Waals surface area contributed by atoms with Gasteiger partial charge in [-0.05, 0) is 0 Å². The number of likely N-dealkylation sites (N-methyl/N-ethyl adjacent to an activating group) is 1. The Bertz CT molecular complexity index is 303. The molecule has 5 heteroatoms. The maximum Gasteiger partial charge on any atom is 0.150 e. The number of nitrogens with one attached hydrogen (secondary N) is 1. The second kappa shape index (κ2) is 5.88. The van der Waals surface area contributed by atoms with Crippen molar-refractivity contribution in [2.45, 2.75) is 19.9 Å². The number of hydrogen-bond donors (Lipinski definition) is 1. The van der Waals surface area contributed by atoms with Gasteiger partial charge in [-0.2, -0.15) is 0 Å². The molecule has 0 fully saturated rings. The lowest BCUT2D eigenvalue weighted by molar-refractivity contribution is 0.588. The third-order valence-electron chi connectivity index (χ3n) is 2.01. The lowest BCUT2D eigenvalue weighted by Crippen LogP contribution is -2.33. The van der Waals surface area contributed by atoms with Crippen LogP contribution in [0.2, 0.25) is 5.02 Å². The molecule has 0 saturated carbocycles. The number of anilines is 1. The molecular formula is C10H17ClN4. The average Bonchev–Trinajstić information content (AvgIpc) is 2.17. The van der Waals surface area contributed by atoms with Gasteiger partial charge >= 0.3 is 0 Å². The van der Waals surface area contributed by atoms with E-state index in [2.05, 4.69) is 29.1 Å². The molecule has 0 radical (unpaired) electrons. The molecule has 0 aliphatic heterocycles. The van der Waals surface area contributed by atoms with Crippen LogP contribution in [0.3, 0.4) is 0 Å². The molecule has 1 aromatic rings. The molecule has 0 saturated heterocycles. The fourth-order valence-corrected chi connectivity index (χ4v) is 1.46. The van der Waals surface area contributed by atoms with Gasteiger partial charge < -0.3 is 10.2 Å². The first-order valence-electron chi connectivity index (χ1n) is 5.01. The Morgan fingerprint density at radius 2 is 2.27 bits per heavy atom. The Balaban J connectivity index is 2.47. The first-order valence-corrected chi connectivity index (χ1v) is 5.39. The van der Waals surface area contributed by atoms with Crippen LogP contribution in [0.15, 0.2) is 12.5 Å². The first kappa shape index (κ1) is 12.2. The summed E-state index contributed by atoms with van der Waals surface area (Å²) in [6, 6.07) is 0.499.